The first-order valence-electron chi connectivity index (χ1n) is 6.23. The van der Waals surface area contributed by atoms with Crippen molar-refractivity contribution in [2.45, 2.75) is 19.8 Å². The number of non-ortho nitro benzene ring substituents is 1. The van der Waals surface area contributed by atoms with Gasteiger partial charge in [-0.25, -0.2) is 0 Å². The molecular formula is C13H18N2O2S. The molecule has 1 heterocycles. The molecule has 0 radical (unpaired) electrons. The van der Waals surface area contributed by atoms with Crippen LogP contribution in [0, 0.1) is 23.0 Å². The van der Waals surface area contributed by atoms with Gasteiger partial charge in [-0.05, 0) is 48.8 Å². The average molecular weight is 266 g/mol. The molecule has 2 rings (SSSR count). The number of benzene rings is 1. The number of anilines is 1. The summed E-state index contributed by atoms with van der Waals surface area (Å²) in [6, 6.07) is 5.18. The standard InChI is InChI=1S/C13H18N2O2S/c1-10-6-12(8-13(7-10)15(16)17)14-9-11-2-4-18-5-3-11/h6-8,11,14H,2-5,9H2,1H3. The van der Waals surface area contributed by atoms with Crippen molar-refractivity contribution in [3.05, 3.63) is 33.9 Å². The molecule has 1 N–H and O–H groups in total. The first kappa shape index (κ1) is 13.2. The van der Waals surface area contributed by atoms with Crippen molar-refractivity contribution in [1.82, 2.24) is 0 Å². The van der Waals surface area contributed by atoms with Crippen molar-refractivity contribution >= 4 is 23.1 Å². The monoisotopic (exact) mass is 266 g/mol. The van der Waals surface area contributed by atoms with Gasteiger partial charge in [0.25, 0.3) is 5.69 Å². The van der Waals surface area contributed by atoms with E-state index < -0.39 is 0 Å². The Balaban J connectivity index is 1.97. The van der Waals surface area contributed by atoms with Crippen LogP contribution in [0.1, 0.15) is 18.4 Å². The van der Waals surface area contributed by atoms with Gasteiger partial charge in [-0.15, -0.1) is 0 Å². The van der Waals surface area contributed by atoms with E-state index in [4.69, 9.17) is 0 Å². The van der Waals surface area contributed by atoms with Gasteiger partial charge >= 0.3 is 0 Å². The van der Waals surface area contributed by atoms with Crippen LogP contribution in [-0.4, -0.2) is 23.0 Å². The summed E-state index contributed by atoms with van der Waals surface area (Å²) in [5.74, 6) is 3.17. The molecule has 1 saturated heterocycles. The lowest BCUT2D eigenvalue weighted by atomic mass is 10.0. The average Bonchev–Trinajstić information content (AvgIpc) is 2.37. The summed E-state index contributed by atoms with van der Waals surface area (Å²) in [5, 5.41) is 14.1. The fraction of sp³-hybridized carbons (Fsp3) is 0.538. The molecule has 18 heavy (non-hydrogen) atoms. The predicted octanol–water partition coefficient (Wildman–Crippen LogP) is 3.46. The van der Waals surface area contributed by atoms with Crippen LogP contribution < -0.4 is 5.32 Å². The molecule has 98 valence electrons. The zero-order valence-electron chi connectivity index (χ0n) is 10.5. The fourth-order valence-corrected chi connectivity index (χ4v) is 3.39. The molecule has 1 fully saturated rings. The van der Waals surface area contributed by atoms with E-state index in [9.17, 15) is 10.1 Å². The van der Waals surface area contributed by atoms with E-state index >= 15 is 0 Å². The van der Waals surface area contributed by atoms with Crippen molar-refractivity contribution < 1.29 is 4.92 Å². The molecule has 4 nitrogen and oxygen atoms in total. The number of nitro groups is 1. The smallest absolute Gasteiger partial charge is 0.271 e. The molecule has 5 heteroatoms. The van der Waals surface area contributed by atoms with Gasteiger partial charge in [0, 0.05) is 24.4 Å². The summed E-state index contributed by atoms with van der Waals surface area (Å²) in [5.41, 5.74) is 1.95. The van der Waals surface area contributed by atoms with Crippen LogP contribution in [0.25, 0.3) is 0 Å². The molecule has 1 aliphatic heterocycles. The van der Waals surface area contributed by atoms with E-state index in [-0.39, 0.29) is 10.6 Å². The quantitative estimate of drug-likeness (QED) is 0.670. The topological polar surface area (TPSA) is 55.2 Å². The normalized spacial score (nSPS) is 16.5. The van der Waals surface area contributed by atoms with Gasteiger partial charge in [-0.3, -0.25) is 10.1 Å². The molecular weight excluding hydrogens is 248 g/mol. The van der Waals surface area contributed by atoms with Crippen LogP contribution in [0.4, 0.5) is 11.4 Å². The van der Waals surface area contributed by atoms with E-state index in [1.165, 1.54) is 24.3 Å². The molecule has 0 atom stereocenters. The molecule has 0 bridgehead atoms. The molecule has 0 amide bonds. The minimum atomic E-state index is -0.338. The van der Waals surface area contributed by atoms with E-state index in [2.05, 4.69) is 5.32 Å². The second-order valence-corrected chi connectivity index (χ2v) is 5.98. The van der Waals surface area contributed by atoms with E-state index in [1.54, 1.807) is 12.1 Å². The summed E-state index contributed by atoms with van der Waals surface area (Å²) in [6.07, 6.45) is 2.48. The van der Waals surface area contributed by atoms with Crippen LogP contribution in [0.15, 0.2) is 18.2 Å². The lowest BCUT2D eigenvalue weighted by molar-refractivity contribution is -0.384. The summed E-state index contributed by atoms with van der Waals surface area (Å²) in [6.45, 7) is 2.80. The fourth-order valence-electron chi connectivity index (χ4n) is 2.18. The first-order chi connectivity index (χ1) is 8.65. The summed E-state index contributed by atoms with van der Waals surface area (Å²) < 4.78 is 0. The minimum Gasteiger partial charge on any atom is -0.385 e. The van der Waals surface area contributed by atoms with Gasteiger partial charge in [0.2, 0.25) is 0 Å². The van der Waals surface area contributed by atoms with E-state index in [0.29, 0.717) is 5.92 Å². The maximum Gasteiger partial charge on any atom is 0.271 e. The molecule has 1 aromatic carbocycles. The number of hydrogen-bond donors (Lipinski definition) is 1. The van der Waals surface area contributed by atoms with Gasteiger partial charge in [0.1, 0.15) is 0 Å². The highest BCUT2D eigenvalue weighted by atomic mass is 32.2. The molecule has 1 aromatic rings. The Hall–Kier alpha value is -1.23. The Morgan fingerprint density at radius 2 is 2.11 bits per heavy atom. The summed E-state index contributed by atoms with van der Waals surface area (Å²) in [7, 11) is 0. The Bertz CT molecular complexity index is 431. The highest BCUT2D eigenvalue weighted by molar-refractivity contribution is 7.99. The Morgan fingerprint density at radius 1 is 1.39 bits per heavy atom. The lowest BCUT2D eigenvalue weighted by Crippen LogP contribution is -2.19. The number of aryl methyl sites for hydroxylation is 1. The zero-order chi connectivity index (χ0) is 13.0. The van der Waals surface area contributed by atoms with Crippen molar-refractivity contribution in [2.75, 3.05) is 23.4 Å². The van der Waals surface area contributed by atoms with Gasteiger partial charge in [-0.1, -0.05) is 0 Å². The molecule has 0 spiro atoms. The number of nitrogens with one attached hydrogen (secondary N) is 1. The third kappa shape index (κ3) is 3.63. The van der Waals surface area contributed by atoms with Gasteiger partial charge in [0.15, 0.2) is 0 Å². The molecule has 0 aliphatic carbocycles. The largest absolute Gasteiger partial charge is 0.385 e. The Morgan fingerprint density at radius 3 is 2.78 bits per heavy atom. The minimum absolute atomic E-state index is 0.164. The van der Waals surface area contributed by atoms with Crippen LogP contribution in [0.2, 0.25) is 0 Å². The second-order valence-electron chi connectivity index (χ2n) is 4.75. The number of rotatable bonds is 4. The van der Waals surface area contributed by atoms with E-state index in [0.717, 1.165) is 17.8 Å². The number of nitrogens with zero attached hydrogens (tertiary/aromatic N) is 1. The van der Waals surface area contributed by atoms with Crippen LogP contribution in [0.5, 0.6) is 0 Å². The molecule has 0 saturated carbocycles. The SMILES string of the molecule is Cc1cc(NCC2CCSCC2)cc([N+](=O)[O-])c1. The van der Waals surface area contributed by atoms with Crippen molar-refractivity contribution in [3.8, 4) is 0 Å². The van der Waals surface area contributed by atoms with Gasteiger partial charge in [-0.2, -0.15) is 11.8 Å². The molecule has 0 aromatic heterocycles. The van der Waals surface area contributed by atoms with E-state index in [1.807, 2.05) is 24.8 Å². The third-order valence-electron chi connectivity index (χ3n) is 3.21. The van der Waals surface area contributed by atoms with Crippen LogP contribution in [-0.2, 0) is 0 Å². The zero-order valence-corrected chi connectivity index (χ0v) is 11.3. The van der Waals surface area contributed by atoms with Gasteiger partial charge < -0.3 is 5.32 Å². The van der Waals surface area contributed by atoms with Crippen molar-refractivity contribution in [3.63, 3.8) is 0 Å². The predicted molar refractivity (Wildman–Crippen MR) is 76.4 cm³/mol. The Labute approximate surface area is 111 Å². The summed E-state index contributed by atoms with van der Waals surface area (Å²) >= 11 is 2.01. The summed E-state index contributed by atoms with van der Waals surface area (Å²) in [4.78, 5) is 10.4. The van der Waals surface area contributed by atoms with Crippen molar-refractivity contribution in [1.29, 1.82) is 0 Å². The van der Waals surface area contributed by atoms with Crippen LogP contribution in [0.3, 0.4) is 0 Å². The highest BCUT2D eigenvalue weighted by Crippen LogP contribution is 2.24. The number of thioether (sulfide) groups is 1. The highest BCUT2D eigenvalue weighted by Gasteiger charge is 2.14. The maximum atomic E-state index is 10.8. The van der Waals surface area contributed by atoms with Gasteiger partial charge in [0.05, 0.1) is 4.92 Å². The third-order valence-corrected chi connectivity index (χ3v) is 4.26. The number of nitro benzene ring substituents is 1. The first-order valence-corrected chi connectivity index (χ1v) is 7.38. The molecule has 1 aliphatic rings. The Kier molecular flexibility index (Phi) is 4.47. The number of hydrogen-bond acceptors (Lipinski definition) is 4. The second kappa shape index (κ2) is 6.09. The van der Waals surface area contributed by atoms with Crippen LogP contribution >= 0.6 is 11.8 Å². The lowest BCUT2D eigenvalue weighted by Gasteiger charge is -2.22. The molecule has 0 unspecified atom stereocenters. The maximum absolute atomic E-state index is 10.8. The van der Waals surface area contributed by atoms with Crippen molar-refractivity contribution in [2.24, 2.45) is 5.92 Å².